The molecule has 92 valence electrons. The van der Waals surface area contributed by atoms with E-state index in [0.29, 0.717) is 6.42 Å². The van der Waals surface area contributed by atoms with E-state index in [1.165, 1.54) is 0 Å². The molecule has 1 fully saturated rings. The van der Waals surface area contributed by atoms with Crippen molar-refractivity contribution in [2.24, 2.45) is 0 Å². The summed E-state index contributed by atoms with van der Waals surface area (Å²) in [5.74, 6) is 0.180. The van der Waals surface area contributed by atoms with Gasteiger partial charge in [-0.25, -0.2) is 0 Å². The minimum atomic E-state index is 0.180. The van der Waals surface area contributed by atoms with E-state index < -0.39 is 0 Å². The predicted octanol–water partition coefficient (Wildman–Crippen LogP) is 4.35. The number of carbonyl (C=O) groups excluding carboxylic acids is 1. The SMILES string of the molecule is O=C(CCC1CCCO1)c1ccc(Br)cc1Br. The van der Waals surface area contributed by atoms with Crippen molar-refractivity contribution in [3.05, 3.63) is 32.7 Å². The number of halogens is 2. The van der Waals surface area contributed by atoms with Gasteiger partial charge in [-0.3, -0.25) is 4.79 Å². The van der Waals surface area contributed by atoms with E-state index in [1.807, 2.05) is 18.2 Å². The molecule has 1 atom stereocenters. The second-order valence-corrected chi connectivity index (χ2v) is 5.99. The smallest absolute Gasteiger partial charge is 0.164 e. The van der Waals surface area contributed by atoms with Gasteiger partial charge in [0.05, 0.1) is 6.10 Å². The summed E-state index contributed by atoms with van der Waals surface area (Å²) in [5, 5.41) is 0. The number of hydrogen-bond acceptors (Lipinski definition) is 2. The summed E-state index contributed by atoms with van der Waals surface area (Å²) < 4.78 is 7.34. The zero-order valence-electron chi connectivity index (χ0n) is 9.42. The number of benzene rings is 1. The molecule has 2 nitrogen and oxygen atoms in total. The van der Waals surface area contributed by atoms with Crippen LogP contribution in [0.25, 0.3) is 0 Å². The maximum absolute atomic E-state index is 12.0. The number of rotatable bonds is 4. The Kier molecular flexibility index (Phi) is 4.77. The summed E-state index contributed by atoms with van der Waals surface area (Å²) in [6.45, 7) is 0.848. The van der Waals surface area contributed by atoms with Crippen molar-refractivity contribution in [2.45, 2.75) is 31.8 Å². The molecule has 0 saturated carbocycles. The summed E-state index contributed by atoms with van der Waals surface area (Å²) in [7, 11) is 0. The van der Waals surface area contributed by atoms with Gasteiger partial charge in [0.1, 0.15) is 0 Å². The lowest BCUT2D eigenvalue weighted by atomic mass is 10.0. The Morgan fingerprint density at radius 2 is 2.24 bits per heavy atom. The van der Waals surface area contributed by atoms with Gasteiger partial charge in [0.15, 0.2) is 5.78 Å². The number of ketones is 1. The van der Waals surface area contributed by atoms with Crippen molar-refractivity contribution in [2.75, 3.05) is 6.61 Å². The highest BCUT2D eigenvalue weighted by molar-refractivity contribution is 9.11. The highest BCUT2D eigenvalue weighted by atomic mass is 79.9. The van der Waals surface area contributed by atoms with E-state index >= 15 is 0 Å². The van der Waals surface area contributed by atoms with E-state index in [-0.39, 0.29) is 11.9 Å². The van der Waals surface area contributed by atoms with Crippen LogP contribution in [0.1, 0.15) is 36.0 Å². The molecule has 4 heteroatoms. The van der Waals surface area contributed by atoms with Crippen molar-refractivity contribution in [1.82, 2.24) is 0 Å². The maximum Gasteiger partial charge on any atom is 0.164 e. The van der Waals surface area contributed by atoms with Gasteiger partial charge in [-0.15, -0.1) is 0 Å². The van der Waals surface area contributed by atoms with Crippen LogP contribution in [0.5, 0.6) is 0 Å². The normalized spacial score (nSPS) is 19.5. The summed E-state index contributed by atoms with van der Waals surface area (Å²) >= 11 is 6.80. The molecule has 17 heavy (non-hydrogen) atoms. The predicted molar refractivity (Wildman–Crippen MR) is 74.4 cm³/mol. The van der Waals surface area contributed by atoms with Crippen molar-refractivity contribution in [3.8, 4) is 0 Å². The molecule has 0 spiro atoms. The van der Waals surface area contributed by atoms with E-state index in [1.54, 1.807) is 0 Å². The third kappa shape index (κ3) is 3.63. The molecule has 0 radical (unpaired) electrons. The Balaban J connectivity index is 1.94. The Morgan fingerprint density at radius 3 is 2.88 bits per heavy atom. The molecule has 1 saturated heterocycles. The number of ether oxygens (including phenoxy) is 1. The first-order chi connectivity index (χ1) is 8.16. The Labute approximate surface area is 118 Å². The molecule has 0 amide bonds. The van der Waals surface area contributed by atoms with Crippen LogP contribution in [0.4, 0.5) is 0 Å². The number of Topliss-reactive ketones (excluding diaryl/α,β-unsaturated/α-hetero) is 1. The molecule has 1 aliphatic heterocycles. The lowest BCUT2D eigenvalue weighted by molar-refractivity contribution is 0.0859. The lowest BCUT2D eigenvalue weighted by Gasteiger charge is -2.09. The molecule has 2 rings (SSSR count). The first-order valence-corrected chi connectivity index (χ1v) is 7.35. The van der Waals surface area contributed by atoms with Gasteiger partial charge < -0.3 is 4.74 Å². The van der Waals surface area contributed by atoms with Crippen LogP contribution < -0.4 is 0 Å². The van der Waals surface area contributed by atoms with Crippen LogP contribution in [0.15, 0.2) is 27.1 Å². The van der Waals surface area contributed by atoms with Crippen LogP contribution in [0.3, 0.4) is 0 Å². The number of hydrogen-bond donors (Lipinski definition) is 0. The quantitative estimate of drug-likeness (QED) is 0.745. The molecular formula is C13H14Br2O2. The second kappa shape index (κ2) is 6.12. The summed E-state index contributed by atoms with van der Waals surface area (Å²) in [6.07, 6.45) is 3.90. The molecule has 1 heterocycles. The van der Waals surface area contributed by atoms with Gasteiger partial charge in [0.2, 0.25) is 0 Å². The van der Waals surface area contributed by atoms with Crippen molar-refractivity contribution in [3.63, 3.8) is 0 Å². The summed E-state index contributed by atoms with van der Waals surface area (Å²) in [6, 6.07) is 5.65. The maximum atomic E-state index is 12.0. The Hall–Kier alpha value is -0.190. The van der Waals surface area contributed by atoms with E-state index in [0.717, 1.165) is 40.4 Å². The van der Waals surface area contributed by atoms with Crippen LogP contribution in [-0.4, -0.2) is 18.5 Å². The molecule has 0 aliphatic carbocycles. The van der Waals surface area contributed by atoms with Crippen LogP contribution in [0.2, 0.25) is 0 Å². The fourth-order valence-corrected chi connectivity index (χ4v) is 3.28. The topological polar surface area (TPSA) is 26.3 Å². The van der Waals surface area contributed by atoms with E-state index in [4.69, 9.17) is 4.74 Å². The molecule has 0 bridgehead atoms. The molecule has 1 unspecified atom stereocenters. The van der Waals surface area contributed by atoms with Crippen LogP contribution >= 0.6 is 31.9 Å². The van der Waals surface area contributed by atoms with Gasteiger partial charge in [0, 0.05) is 27.5 Å². The zero-order valence-corrected chi connectivity index (χ0v) is 12.6. The molecule has 1 aliphatic rings. The van der Waals surface area contributed by atoms with Gasteiger partial charge in [-0.2, -0.15) is 0 Å². The summed E-state index contributed by atoms with van der Waals surface area (Å²) in [4.78, 5) is 12.0. The largest absolute Gasteiger partial charge is 0.378 e. The molecule has 1 aromatic rings. The molecular weight excluding hydrogens is 348 g/mol. The molecule has 1 aromatic carbocycles. The fraction of sp³-hybridized carbons (Fsp3) is 0.462. The van der Waals surface area contributed by atoms with Crippen LogP contribution in [0, 0.1) is 0 Å². The monoisotopic (exact) mass is 360 g/mol. The van der Waals surface area contributed by atoms with Crippen LogP contribution in [-0.2, 0) is 4.74 Å². The average Bonchev–Trinajstić information content (AvgIpc) is 2.78. The van der Waals surface area contributed by atoms with Crippen molar-refractivity contribution >= 4 is 37.6 Å². The zero-order chi connectivity index (χ0) is 12.3. The number of carbonyl (C=O) groups is 1. The average molecular weight is 362 g/mol. The van der Waals surface area contributed by atoms with Crippen molar-refractivity contribution < 1.29 is 9.53 Å². The van der Waals surface area contributed by atoms with Gasteiger partial charge in [-0.1, -0.05) is 31.9 Å². The highest BCUT2D eigenvalue weighted by Gasteiger charge is 2.18. The third-order valence-corrected chi connectivity index (χ3v) is 4.10. The molecule has 0 aromatic heterocycles. The van der Waals surface area contributed by atoms with Gasteiger partial charge in [0.25, 0.3) is 0 Å². The lowest BCUT2D eigenvalue weighted by Crippen LogP contribution is -2.09. The summed E-state index contributed by atoms with van der Waals surface area (Å²) in [5.41, 5.74) is 0.756. The van der Waals surface area contributed by atoms with E-state index in [2.05, 4.69) is 31.9 Å². The molecule has 0 N–H and O–H groups in total. The van der Waals surface area contributed by atoms with Gasteiger partial charge >= 0.3 is 0 Å². The second-order valence-electron chi connectivity index (χ2n) is 4.22. The Bertz CT molecular complexity index is 412. The third-order valence-electron chi connectivity index (χ3n) is 2.95. The standard InChI is InChI=1S/C13H14Br2O2/c14-9-3-5-11(12(15)8-9)13(16)6-4-10-2-1-7-17-10/h3,5,8,10H,1-2,4,6-7H2. The van der Waals surface area contributed by atoms with E-state index in [9.17, 15) is 4.79 Å². The first-order valence-electron chi connectivity index (χ1n) is 5.76. The highest BCUT2D eigenvalue weighted by Crippen LogP contribution is 2.24. The Morgan fingerprint density at radius 1 is 1.41 bits per heavy atom. The minimum Gasteiger partial charge on any atom is -0.378 e. The van der Waals surface area contributed by atoms with Crippen molar-refractivity contribution in [1.29, 1.82) is 0 Å². The first kappa shape index (κ1) is 13.2. The van der Waals surface area contributed by atoms with Gasteiger partial charge in [-0.05, 0) is 37.5 Å². The fourth-order valence-electron chi connectivity index (χ4n) is 2.01. The minimum absolute atomic E-state index is 0.180.